The number of halogens is 2. The van der Waals surface area contributed by atoms with E-state index in [0.29, 0.717) is 12.8 Å². The van der Waals surface area contributed by atoms with Crippen LogP contribution in [-0.4, -0.2) is 13.3 Å². The van der Waals surface area contributed by atoms with E-state index in [4.69, 9.17) is 0 Å². The predicted molar refractivity (Wildman–Crippen MR) is 44.6 cm³/mol. The lowest BCUT2D eigenvalue weighted by Crippen LogP contribution is -1.91. The Hall–Kier alpha value is -0.920. The number of aryl methyl sites for hydroxylation is 2. The fourth-order valence-electron chi connectivity index (χ4n) is 1.08. The van der Waals surface area contributed by atoms with E-state index >= 15 is 0 Å². The molecule has 65 valence electrons. The average molecular weight is 169 g/mol. The molecule has 0 aliphatic carbocycles. The topological polar surface area (TPSA) is 0 Å². The van der Waals surface area contributed by atoms with Crippen LogP contribution in [0.5, 0.6) is 0 Å². The van der Waals surface area contributed by atoms with Gasteiger partial charge in [0, 0.05) is 12.8 Å². The molecule has 0 saturated carbocycles. The summed E-state index contributed by atoms with van der Waals surface area (Å²) in [7, 11) is 0. The number of alkyl halides is 2. The summed E-state index contributed by atoms with van der Waals surface area (Å²) in [5.41, 5.74) is 1.78. The third kappa shape index (κ3) is 2.61. The second kappa shape index (κ2) is 4.86. The smallest absolute Gasteiger partial charge is 0.0934 e. The molecule has 0 N–H and O–H groups in total. The van der Waals surface area contributed by atoms with E-state index in [9.17, 15) is 8.78 Å². The molecule has 0 aliphatic rings. The van der Waals surface area contributed by atoms with Crippen LogP contribution in [0, 0.1) is 6.07 Å². The molecule has 0 aromatic heterocycles. The quantitative estimate of drug-likeness (QED) is 0.649. The summed E-state index contributed by atoms with van der Waals surface area (Å²) in [5.74, 6) is 0. The average Bonchev–Trinajstić information content (AvgIpc) is 2.06. The molecule has 0 heterocycles. The summed E-state index contributed by atoms with van der Waals surface area (Å²) >= 11 is 0. The summed E-state index contributed by atoms with van der Waals surface area (Å²) in [6.07, 6.45) is 0.799. The Morgan fingerprint density at radius 2 is 1.50 bits per heavy atom. The molecule has 0 saturated heterocycles. The Kier molecular flexibility index (Phi) is 3.71. The molecule has 0 atom stereocenters. The van der Waals surface area contributed by atoms with Gasteiger partial charge in [0.05, 0.1) is 13.3 Å². The van der Waals surface area contributed by atoms with Crippen LogP contribution in [0.15, 0.2) is 18.2 Å². The maximum Gasteiger partial charge on any atom is 0.0934 e. The van der Waals surface area contributed by atoms with Crippen molar-refractivity contribution in [3.63, 3.8) is 0 Å². The Bertz CT molecular complexity index is 212. The van der Waals surface area contributed by atoms with Gasteiger partial charge in [-0.1, -0.05) is 18.2 Å². The van der Waals surface area contributed by atoms with Gasteiger partial charge in [-0.25, -0.2) is 0 Å². The van der Waals surface area contributed by atoms with Crippen LogP contribution in [0.25, 0.3) is 0 Å². The van der Waals surface area contributed by atoms with Crippen molar-refractivity contribution in [1.82, 2.24) is 0 Å². The maximum absolute atomic E-state index is 11.9. The standard InChI is InChI=1S/C10H11F2/c11-6-4-9-2-1-3-10(8-9)5-7-12/h2-3,8H,4-7H2. The third-order valence-corrected chi connectivity index (χ3v) is 1.67. The van der Waals surface area contributed by atoms with Crippen LogP contribution in [0.1, 0.15) is 11.1 Å². The molecule has 0 amide bonds. The van der Waals surface area contributed by atoms with Gasteiger partial charge in [0.2, 0.25) is 0 Å². The van der Waals surface area contributed by atoms with E-state index in [2.05, 4.69) is 6.07 Å². The van der Waals surface area contributed by atoms with Crippen molar-refractivity contribution >= 4 is 0 Å². The third-order valence-electron chi connectivity index (χ3n) is 1.67. The van der Waals surface area contributed by atoms with Crippen molar-refractivity contribution < 1.29 is 8.78 Å². The van der Waals surface area contributed by atoms with Crippen LogP contribution < -0.4 is 0 Å². The van der Waals surface area contributed by atoms with Crippen molar-refractivity contribution in [1.29, 1.82) is 0 Å². The van der Waals surface area contributed by atoms with Crippen molar-refractivity contribution in [3.8, 4) is 0 Å². The molecule has 1 aromatic carbocycles. The monoisotopic (exact) mass is 169 g/mol. The van der Waals surface area contributed by atoms with Gasteiger partial charge < -0.3 is 0 Å². The van der Waals surface area contributed by atoms with Gasteiger partial charge >= 0.3 is 0 Å². The molecule has 0 unspecified atom stereocenters. The summed E-state index contributed by atoms with van der Waals surface area (Å²) in [5, 5.41) is 0. The summed E-state index contributed by atoms with van der Waals surface area (Å²) in [6.45, 7) is -0.736. The molecule has 0 aliphatic heterocycles. The fourth-order valence-corrected chi connectivity index (χ4v) is 1.08. The SMILES string of the molecule is FCCc1c[c]cc(CCF)c1. The minimum atomic E-state index is -0.368. The molecule has 12 heavy (non-hydrogen) atoms. The molecule has 1 rings (SSSR count). The lowest BCUT2D eigenvalue weighted by atomic mass is 10.1. The normalized spacial score (nSPS) is 10.2. The van der Waals surface area contributed by atoms with Crippen molar-refractivity contribution in [2.75, 3.05) is 13.3 Å². The molecule has 2 heteroatoms. The maximum atomic E-state index is 11.9. The van der Waals surface area contributed by atoms with Gasteiger partial charge in [0.15, 0.2) is 0 Å². The van der Waals surface area contributed by atoms with Crippen LogP contribution in [-0.2, 0) is 12.8 Å². The molecular weight excluding hydrogens is 158 g/mol. The van der Waals surface area contributed by atoms with E-state index < -0.39 is 0 Å². The highest BCUT2D eigenvalue weighted by molar-refractivity contribution is 5.22. The van der Waals surface area contributed by atoms with Gasteiger partial charge in [-0.3, -0.25) is 8.78 Å². The first-order valence-corrected chi connectivity index (χ1v) is 3.97. The molecule has 0 nitrogen and oxygen atoms in total. The molecule has 0 spiro atoms. The van der Waals surface area contributed by atoms with Crippen LogP contribution >= 0.6 is 0 Å². The highest BCUT2D eigenvalue weighted by Crippen LogP contribution is 2.06. The zero-order chi connectivity index (χ0) is 8.81. The van der Waals surface area contributed by atoms with Gasteiger partial charge in [-0.15, -0.1) is 0 Å². The second-order valence-electron chi connectivity index (χ2n) is 2.63. The van der Waals surface area contributed by atoms with Crippen molar-refractivity contribution in [2.24, 2.45) is 0 Å². The molecule has 0 fully saturated rings. The van der Waals surface area contributed by atoms with E-state index in [1.54, 1.807) is 12.1 Å². The van der Waals surface area contributed by atoms with Crippen LogP contribution in [0.3, 0.4) is 0 Å². The summed E-state index contributed by atoms with van der Waals surface area (Å²) < 4.78 is 23.8. The highest BCUT2D eigenvalue weighted by Gasteiger charge is 1.95. The lowest BCUT2D eigenvalue weighted by Gasteiger charge is -2.00. The van der Waals surface area contributed by atoms with Crippen molar-refractivity contribution in [2.45, 2.75) is 12.8 Å². The predicted octanol–water partition coefficient (Wildman–Crippen LogP) is 2.51. The van der Waals surface area contributed by atoms with Gasteiger partial charge in [-0.05, 0) is 17.2 Å². The van der Waals surface area contributed by atoms with Crippen LogP contribution in [0.2, 0.25) is 0 Å². The lowest BCUT2D eigenvalue weighted by molar-refractivity contribution is 0.492. The first-order valence-electron chi connectivity index (χ1n) is 3.97. The zero-order valence-corrected chi connectivity index (χ0v) is 6.82. The number of hydrogen-bond donors (Lipinski definition) is 0. The first-order chi connectivity index (χ1) is 5.86. The van der Waals surface area contributed by atoms with E-state index in [-0.39, 0.29) is 13.3 Å². The molecule has 0 bridgehead atoms. The van der Waals surface area contributed by atoms with Crippen molar-refractivity contribution in [3.05, 3.63) is 35.4 Å². The number of benzene rings is 1. The zero-order valence-electron chi connectivity index (χ0n) is 6.82. The number of rotatable bonds is 4. The molecule has 1 aromatic rings. The Morgan fingerprint density at radius 3 is 1.92 bits per heavy atom. The Balaban J connectivity index is 2.67. The molecule has 1 radical (unpaired) electrons. The Morgan fingerprint density at radius 1 is 1.00 bits per heavy atom. The van der Waals surface area contributed by atoms with E-state index in [1.807, 2.05) is 6.07 Å². The highest BCUT2D eigenvalue weighted by atomic mass is 19.1. The second-order valence-corrected chi connectivity index (χ2v) is 2.63. The first kappa shape index (κ1) is 9.17. The fraction of sp³-hybridized carbons (Fsp3) is 0.400. The summed E-state index contributed by atoms with van der Waals surface area (Å²) in [4.78, 5) is 0. The number of hydrogen-bond acceptors (Lipinski definition) is 0. The summed E-state index contributed by atoms with van der Waals surface area (Å²) in [6, 6.07) is 8.17. The van der Waals surface area contributed by atoms with Crippen LogP contribution in [0.4, 0.5) is 8.78 Å². The Labute approximate surface area is 71.2 Å². The van der Waals surface area contributed by atoms with E-state index in [0.717, 1.165) is 11.1 Å². The minimum absolute atomic E-state index is 0.368. The largest absolute Gasteiger partial charge is 0.251 e. The van der Waals surface area contributed by atoms with Gasteiger partial charge in [-0.2, -0.15) is 0 Å². The minimum Gasteiger partial charge on any atom is -0.251 e. The van der Waals surface area contributed by atoms with Gasteiger partial charge in [0.1, 0.15) is 0 Å². The van der Waals surface area contributed by atoms with E-state index in [1.165, 1.54) is 0 Å². The molecular formula is C10H11F2. The van der Waals surface area contributed by atoms with Gasteiger partial charge in [0.25, 0.3) is 0 Å².